The number of benzene rings is 1. The molecule has 0 saturated carbocycles. The smallest absolute Gasteiger partial charge is 0.122 e. The van der Waals surface area contributed by atoms with Crippen LogP contribution in [0.15, 0.2) is 18.2 Å². The summed E-state index contributed by atoms with van der Waals surface area (Å²) in [7, 11) is 0. The van der Waals surface area contributed by atoms with Gasteiger partial charge in [-0.25, -0.2) is 5.90 Å². The Morgan fingerprint density at radius 3 is 3.15 bits per heavy atom. The van der Waals surface area contributed by atoms with Crippen LogP contribution >= 0.6 is 0 Å². The molecular formula is C10H13NO2. The maximum atomic E-state index is 5.39. The number of rotatable bonds is 2. The summed E-state index contributed by atoms with van der Waals surface area (Å²) in [5, 5.41) is 0. The van der Waals surface area contributed by atoms with Gasteiger partial charge in [0.15, 0.2) is 0 Å². The molecule has 3 nitrogen and oxygen atoms in total. The van der Waals surface area contributed by atoms with E-state index < -0.39 is 0 Å². The van der Waals surface area contributed by atoms with E-state index in [1.165, 1.54) is 5.56 Å². The largest absolute Gasteiger partial charge is 0.493 e. The normalized spacial score (nSPS) is 16.5. The molecule has 0 radical (unpaired) electrons. The standard InChI is InChI=1S/C10H13NO2/c1-7(13-11)8-2-3-10-9(6-8)4-5-12-10/h2-3,6-7H,4-5,11H2,1H3. The minimum Gasteiger partial charge on any atom is -0.493 e. The van der Waals surface area contributed by atoms with E-state index in [4.69, 9.17) is 15.5 Å². The van der Waals surface area contributed by atoms with Crippen molar-refractivity contribution in [2.75, 3.05) is 6.61 Å². The third kappa shape index (κ3) is 1.53. The van der Waals surface area contributed by atoms with E-state index in [1.807, 2.05) is 19.1 Å². The van der Waals surface area contributed by atoms with Crippen LogP contribution in [-0.2, 0) is 11.3 Å². The highest BCUT2D eigenvalue weighted by atomic mass is 16.6. The molecule has 2 rings (SSSR count). The summed E-state index contributed by atoms with van der Waals surface area (Å²) in [5.74, 6) is 6.11. The average molecular weight is 179 g/mol. The maximum Gasteiger partial charge on any atom is 0.122 e. The molecule has 0 fully saturated rings. The van der Waals surface area contributed by atoms with E-state index in [1.54, 1.807) is 0 Å². The Balaban J connectivity index is 2.30. The molecule has 1 aliphatic rings. The monoisotopic (exact) mass is 179 g/mol. The van der Waals surface area contributed by atoms with Crippen molar-refractivity contribution in [3.63, 3.8) is 0 Å². The highest BCUT2D eigenvalue weighted by Gasteiger charge is 2.14. The Bertz CT molecular complexity index is 312. The minimum absolute atomic E-state index is 0.0501. The summed E-state index contributed by atoms with van der Waals surface area (Å²) in [6.45, 7) is 2.72. The van der Waals surface area contributed by atoms with E-state index in [2.05, 4.69) is 6.07 Å². The lowest BCUT2D eigenvalue weighted by Gasteiger charge is -2.09. The molecule has 13 heavy (non-hydrogen) atoms. The third-order valence-corrected chi connectivity index (χ3v) is 2.39. The molecule has 0 saturated heterocycles. The van der Waals surface area contributed by atoms with Crippen molar-refractivity contribution in [3.8, 4) is 5.75 Å². The number of hydrogen-bond acceptors (Lipinski definition) is 3. The Morgan fingerprint density at radius 2 is 2.38 bits per heavy atom. The highest BCUT2D eigenvalue weighted by molar-refractivity contribution is 5.40. The Labute approximate surface area is 77.4 Å². The molecule has 0 aromatic heterocycles. The molecule has 0 amide bonds. The predicted octanol–water partition coefficient (Wildman–Crippen LogP) is 1.57. The summed E-state index contributed by atoms with van der Waals surface area (Å²) in [6, 6.07) is 6.06. The zero-order valence-electron chi connectivity index (χ0n) is 7.62. The maximum absolute atomic E-state index is 5.39. The quantitative estimate of drug-likeness (QED) is 0.701. The van der Waals surface area contributed by atoms with Crippen molar-refractivity contribution in [2.45, 2.75) is 19.4 Å². The van der Waals surface area contributed by atoms with Crippen LogP contribution in [0.3, 0.4) is 0 Å². The fourth-order valence-electron chi connectivity index (χ4n) is 1.54. The van der Waals surface area contributed by atoms with Gasteiger partial charge in [0.05, 0.1) is 6.61 Å². The van der Waals surface area contributed by atoms with Crippen LogP contribution in [0.4, 0.5) is 0 Å². The number of nitrogens with two attached hydrogens (primary N) is 1. The van der Waals surface area contributed by atoms with Crippen molar-refractivity contribution >= 4 is 0 Å². The highest BCUT2D eigenvalue weighted by Crippen LogP contribution is 2.28. The lowest BCUT2D eigenvalue weighted by Crippen LogP contribution is -2.05. The molecule has 1 heterocycles. The van der Waals surface area contributed by atoms with Gasteiger partial charge in [-0.05, 0) is 30.2 Å². The fourth-order valence-corrected chi connectivity index (χ4v) is 1.54. The van der Waals surface area contributed by atoms with Crippen molar-refractivity contribution in [1.29, 1.82) is 0 Å². The summed E-state index contributed by atoms with van der Waals surface area (Å²) in [6.07, 6.45) is 0.936. The van der Waals surface area contributed by atoms with E-state index in [0.717, 1.165) is 24.3 Å². The van der Waals surface area contributed by atoms with Gasteiger partial charge in [-0.3, -0.25) is 4.84 Å². The summed E-state index contributed by atoms with van der Waals surface area (Å²) in [5.41, 5.74) is 2.35. The first-order chi connectivity index (χ1) is 6.31. The second kappa shape index (κ2) is 3.36. The minimum atomic E-state index is -0.0501. The molecular weight excluding hydrogens is 166 g/mol. The summed E-state index contributed by atoms with van der Waals surface area (Å²) >= 11 is 0. The molecule has 1 aromatic rings. The van der Waals surface area contributed by atoms with Crippen molar-refractivity contribution in [1.82, 2.24) is 0 Å². The molecule has 1 aliphatic heterocycles. The molecule has 0 aliphatic carbocycles. The number of fused-ring (bicyclic) bond motifs is 1. The molecule has 0 spiro atoms. The van der Waals surface area contributed by atoms with Crippen LogP contribution in [0.25, 0.3) is 0 Å². The van der Waals surface area contributed by atoms with Crippen LogP contribution < -0.4 is 10.6 Å². The molecule has 1 aromatic carbocycles. The zero-order chi connectivity index (χ0) is 9.26. The van der Waals surface area contributed by atoms with Crippen LogP contribution in [0.2, 0.25) is 0 Å². The topological polar surface area (TPSA) is 44.5 Å². The van der Waals surface area contributed by atoms with Crippen LogP contribution in [-0.4, -0.2) is 6.61 Å². The van der Waals surface area contributed by atoms with Crippen molar-refractivity contribution < 1.29 is 9.57 Å². The second-order valence-corrected chi connectivity index (χ2v) is 3.24. The second-order valence-electron chi connectivity index (χ2n) is 3.24. The molecule has 3 heteroatoms. The number of hydrogen-bond donors (Lipinski definition) is 1. The van der Waals surface area contributed by atoms with Crippen molar-refractivity contribution in [2.24, 2.45) is 5.90 Å². The first-order valence-electron chi connectivity index (χ1n) is 4.42. The molecule has 70 valence electrons. The van der Waals surface area contributed by atoms with Gasteiger partial charge in [-0.1, -0.05) is 6.07 Å². The molecule has 1 atom stereocenters. The van der Waals surface area contributed by atoms with Gasteiger partial charge in [0, 0.05) is 6.42 Å². The van der Waals surface area contributed by atoms with E-state index in [0.29, 0.717) is 0 Å². The van der Waals surface area contributed by atoms with E-state index in [-0.39, 0.29) is 6.10 Å². The Kier molecular flexibility index (Phi) is 2.20. The third-order valence-electron chi connectivity index (χ3n) is 2.39. The van der Waals surface area contributed by atoms with Crippen LogP contribution in [0.1, 0.15) is 24.2 Å². The van der Waals surface area contributed by atoms with Gasteiger partial charge in [-0.15, -0.1) is 0 Å². The van der Waals surface area contributed by atoms with Crippen molar-refractivity contribution in [3.05, 3.63) is 29.3 Å². The first kappa shape index (κ1) is 8.53. The summed E-state index contributed by atoms with van der Waals surface area (Å²) < 4.78 is 5.39. The molecule has 0 bridgehead atoms. The van der Waals surface area contributed by atoms with E-state index >= 15 is 0 Å². The lowest BCUT2D eigenvalue weighted by atomic mass is 10.1. The first-order valence-corrected chi connectivity index (χ1v) is 4.42. The molecule has 2 N–H and O–H groups in total. The Hall–Kier alpha value is -1.06. The average Bonchev–Trinajstić information content (AvgIpc) is 2.63. The predicted molar refractivity (Wildman–Crippen MR) is 49.3 cm³/mol. The Morgan fingerprint density at radius 1 is 1.54 bits per heavy atom. The zero-order valence-corrected chi connectivity index (χ0v) is 7.62. The number of ether oxygens (including phenoxy) is 1. The molecule has 1 unspecified atom stereocenters. The van der Waals surface area contributed by atoms with Crippen LogP contribution in [0.5, 0.6) is 5.75 Å². The summed E-state index contributed by atoms with van der Waals surface area (Å²) in [4.78, 5) is 4.76. The SMILES string of the molecule is CC(ON)c1ccc2c(c1)CCO2. The van der Waals surface area contributed by atoms with Gasteiger partial charge in [0.25, 0.3) is 0 Å². The van der Waals surface area contributed by atoms with Crippen LogP contribution in [0, 0.1) is 0 Å². The van der Waals surface area contributed by atoms with Gasteiger partial charge in [-0.2, -0.15) is 0 Å². The van der Waals surface area contributed by atoms with Gasteiger partial charge < -0.3 is 4.74 Å². The van der Waals surface area contributed by atoms with Gasteiger partial charge in [0.2, 0.25) is 0 Å². The van der Waals surface area contributed by atoms with Gasteiger partial charge in [0.1, 0.15) is 11.9 Å². The van der Waals surface area contributed by atoms with Gasteiger partial charge >= 0.3 is 0 Å². The van der Waals surface area contributed by atoms with E-state index in [9.17, 15) is 0 Å². The lowest BCUT2D eigenvalue weighted by molar-refractivity contribution is 0.0664. The fraction of sp³-hybridized carbons (Fsp3) is 0.400.